The summed E-state index contributed by atoms with van der Waals surface area (Å²) in [6.45, 7) is 26.8. The fourth-order valence-corrected chi connectivity index (χ4v) is 2.92. The minimum atomic E-state index is -6.09. The maximum Gasteiger partial charge on any atom is 0.485 e. The molecule has 98 heavy (non-hydrogen) atoms. The van der Waals surface area contributed by atoms with Crippen molar-refractivity contribution in [2.75, 3.05) is 121 Å². The summed E-state index contributed by atoms with van der Waals surface area (Å²) in [5.41, 5.74) is -21.0. The van der Waals surface area contributed by atoms with Crippen LogP contribution in [0.4, 0.5) is 52.7 Å². The molecule has 0 saturated carbocycles. The third kappa shape index (κ3) is 76.9. The fraction of sp³-hybridized carbons (Fsp3) is 0.478. The molecular formula is C46H66F12N6O24P4Pt2S4-2. The van der Waals surface area contributed by atoms with Gasteiger partial charge in [-0.25, -0.2) is 52.8 Å². The van der Waals surface area contributed by atoms with Crippen LogP contribution < -0.4 is 0 Å². The minimum absolute atomic E-state index is 0. The molecule has 0 spiro atoms. The molecule has 0 aliphatic heterocycles. The van der Waals surface area contributed by atoms with Crippen LogP contribution in [0.1, 0.15) is 41.4 Å². The van der Waals surface area contributed by atoms with Gasteiger partial charge in [0, 0.05) is 91.7 Å². The van der Waals surface area contributed by atoms with Gasteiger partial charge in [0.15, 0.2) is 40.5 Å². The predicted octanol–water partition coefficient (Wildman–Crippen LogP) is 8.19. The Balaban J connectivity index is -0.000000134. The first kappa shape index (κ1) is 112. The van der Waals surface area contributed by atoms with E-state index in [2.05, 4.69) is 110 Å². The second-order valence-corrected chi connectivity index (χ2v) is 33.7. The van der Waals surface area contributed by atoms with E-state index in [1.54, 1.807) is 48.5 Å². The minimum Gasteiger partial charge on any atom is -0.741 e. The zero-order chi connectivity index (χ0) is 77.3. The van der Waals surface area contributed by atoms with Crippen LogP contribution in [0.3, 0.4) is 0 Å². The van der Waals surface area contributed by atoms with E-state index >= 15 is 0 Å². The summed E-state index contributed by atoms with van der Waals surface area (Å²) in [6.07, 6.45) is 12.0. The Kier molecular flexibility index (Phi) is 65.9. The van der Waals surface area contributed by atoms with E-state index in [-0.39, 0.29) is 78.4 Å². The molecule has 0 saturated heterocycles. The van der Waals surface area contributed by atoms with Crippen molar-refractivity contribution >= 4 is 96.0 Å². The van der Waals surface area contributed by atoms with Crippen LogP contribution in [0.15, 0.2) is 98.1 Å². The summed E-state index contributed by atoms with van der Waals surface area (Å²) < 4.78 is 255. The Hall–Kier alpha value is -4.82. The molecule has 0 aliphatic rings. The van der Waals surface area contributed by atoms with Crippen LogP contribution in [0.2, 0.25) is 0 Å². The Morgan fingerprint density at radius 1 is 0.347 bits per heavy atom. The molecule has 0 unspecified atom stereocenters. The number of pyridine rings is 4. The van der Waals surface area contributed by atoms with E-state index in [1.165, 1.54) is 49.6 Å². The second kappa shape index (κ2) is 57.8. The maximum absolute atomic E-state index is 11.6. The van der Waals surface area contributed by atoms with Gasteiger partial charge in [0.25, 0.3) is 9.85 Å². The quantitative estimate of drug-likeness (QED) is 0.0140. The van der Waals surface area contributed by atoms with Crippen LogP contribution in [0.5, 0.6) is 0 Å². The third-order valence-corrected chi connectivity index (χ3v) is 8.41. The summed E-state index contributed by atoms with van der Waals surface area (Å²) in [4.78, 5) is 88.3. The number of alkyl halides is 12. The van der Waals surface area contributed by atoms with Crippen molar-refractivity contribution in [3.8, 4) is 0 Å². The van der Waals surface area contributed by atoms with E-state index in [0.717, 1.165) is 14.1 Å². The van der Waals surface area contributed by atoms with E-state index < -0.39 is 86.4 Å². The van der Waals surface area contributed by atoms with Gasteiger partial charge in [0.2, 0.25) is 14.1 Å². The molecule has 4 rings (SSSR count). The van der Waals surface area contributed by atoms with Gasteiger partial charge in [0.05, 0.1) is 42.0 Å². The van der Waals surface area contributed by atoms with Gasteiger partial charge in [-0.05, 0) is 129 Å². The van der Waals surface area contributed by atoms with Crippen molar-refractivity contribution < 1.29 is 205 Å². The number of ether oxygens (including phenoxy) is 4. The Labute approximate surface area is 589 Å². The molecule has 0 radical (unpaired) electrons. The standard InChI is InChI=1S/2C14H12N2O4.4C3H9P.C2H6N2O4.4CHF3O3S.2Pt/c2*17-13(11-1-5-15-6-2-11)19-9-10-20-14(18)12-3-7-16-8-4-12;4*1-4(2)3;1-3(5)7-8-4(2)6;4*2-1(3,4)8(5,6)7;;/h2*1-8H,9-10H2;4*1-3H3;1-2H3;4*(H,5,6,7);;/q;;;;;;+2;;;;;;/p-4. The smallest absolute Gasteiger partial charge is 0.485 e. The Morgan fingerprint density at radius 2 is 0.449 bits per heavy atom. The van der Waals surface area contributed by atoms with Crippen molar-refractivity contribution in [1.82, 2.24) is 19.9 Å². The van der Waals surface area contributed by atoms with Gasteiger partial charge in [-0.2, -0.15) is 52.7 Å². The van der Waals surface area contributed by atoms with Crippen molar-refractivity contribution in [3.05, 3.63) is 130 Å². The number of hydrogen-bond acceptors (Lipinski definition) is 28. The summed E-state index contributed by atoms with van der Waals surface area (Å²) in [6, 6.07) is 12.4. The zero-order valence-electron chi connectivity index (χ0n) is 53.1. The molecule has 0 aromatic carbocycles. The molecule has 4 aromatic heterocycles. The van der Waals surface area contributed by atoms with Crippen molar-refractivity contribution in [1.29, 1.82) is 0 Å². The number of rotatable bonds is 13. The first-order valence-corrected chi connectivity index (χ1v) is 40.4. The molecule has 52 heteroatoms. The second-order valence-electron chi connectivity index (χ2n) is 17.5. The third-order valence-electron chi connectivity index (χ3n) is 6.14. The van der Waals surface area contributed by atoms with Crippen molar-refractivity contribution in [3.63, 3.8) is 0 Å². The topological polar surface area (TPSA) is 444 Å². The number of halogens is 12. The average Bonchev–Trinajstić information content (AvgIpc) is 0.979. The SMILES string of the molecule is CP(C)C.CP(C)C.CP(C)C.CP(C)C.C[N+](=O)OO[N+](C)=O.O=C(OCCOC(=O)c1ccncc1)c1ccncc1.O=C(OCCOC(=O)c1ccncc1)c1ccncc1.O=S(=O)([O-])C(F)(F)F.O=S(=O)([O-])C(F)(F)F.O=S(=O)([O-])C(F)(F)F.O=S(=O)([O-])C(F)(F)F.[Pt].[Pt]. The summed E-state index contributed by atoms with van der Waals surface area (Å²) >= 11 is 0. The molecule has 0 amide bonds. The van der Waals surface area contributed by atoms with E-state index in [1.807, 2.05) is 0 Å². The average molecular weight is 1960 g/mol. The van der Waals surface area contributed by atoms with Gasteiger partial charge in [0.1, 0.15) is 26.4 Å². The monoisotopic (exact) mass is 1960 g/mol. The van der Waals surface area contributed by atoms with E-state index in [9.17, 15) is 81.7 Å². The summed E-state index contributed by atoms with van der Waals surface area (Å²) in [7, 11) is -20.8. The molecular weight excluding hydrogens is 1890 g/mol. The van der Waals surface area contributed by atoms with Crippen LogP contribution in [-0.4, -0.2) is 248 Å². The fourth-order valence-electron chi connectivity index (χ4n) is 2.92. The number of aromatic nitrogens is 4. The number of hydrogen-bond donors (Lipinski definition) is 0. The molecule has 0 fully saturated rings. The van der Waals surface area contributed by atoms with Gasteiger partial charge >= 0.3 is 45.9 Å². The van der Waals surface area contributed by atoms with Gasteiger partial charge in [-0.1, -0.05) is 0 Å². The first-order chi connectivity index (χ1) is 43.1. The largest absolute Gasteiger partial charge is 0.741 e. The van der Waals surface area contributed by atoms with Crippen LogP contribution >= 0.6 is 31.7 Å². The molecule has 4 aromatic rings. The Morgan fingerprint density at radius 3 is 0.531 bits per heavy atom. The van der Waals surface area contributed by atoms with E-state index in [0.29, 0.717) is 53.9 Å². The number of nitrogens with zero attached hydrogens (tertiary/aromatic N) is 6. The molecule has 574 valence electrons. The van der Waals surface area contributed by atoms with Crippen molar-refractivity contribution in [2.45, 2.75) is 22.0 Å². The normalized spacial score (nSPS) is 10.7. The summed E-state index contributed by atoms with van der Waals surface area (Å²) in [5.74, 6) is -1.92. The van der Waals surface area contributed by atoms with Gasteiger partial charge < -0.3 is 37.2 Å². The summed E-state index contributed by atoms with van der Waals surface area (Å²) in [5, 5.41) is 0. The molecule has 30 nitrogen and oxygen atoms in total. The van der Waals surface area contributed by atoms with Crippen LogP contribution in [0.25, 0.3) is 0 Å². The number of esters is 4. The molecule has 0 aliphatic carbocycles. The number of carbonyl (C=O) groups excluding carboxylic acids is 4. The van der Waals surface area contributed by atoms with Crippen LogP contribution in [-0.2, 0) is 112 Å². The van der Waals surface area contributed by atoms with Crippen LogP contribution in [0, 0.1) is 9.81 Å². The molecule has 0 atom stereocenters. The van der Waals surface area contributed by atoms with Gasteiger partial charge in [-0.3, -0.25) is 19.9 Å². The molecule has 0 N–H and O–H groups in total. The first-order valence-electron chi connectivity index (χ1n) is 24.1. The van der Waals surface area contributed by atoms with E-state index in [4.69, 9.17) is 70.8 Å². The molecule has 0 bridgehead atoms. The van der Waals surface area contributed by atoms with Crippen molar-refractivity contribution in [2.24, 2.45) is 0 Å². The molecule has 4 heterocycles. The zero-order valence-corrected chi connectivity index (χ0v) is 64.5. The van der Waals surface area contributed by atoms with Gasteiger partial charge in [-0.15, -0.1) is 31.7 Å². The number of carbonyl (C=O) groups is 4. The maximum atomic E-state index is 11.6. The predicted molar refractivity (Wildman–Crippen MR) is 321 cm³/mol. The Bertz CT molecular complexity index is 2860.